The van der Waals surface area contributed by atoms with Crippen molar-refractivity contribution in [2.75, 3.05) is 0 Å². The molecule has 3 nitrogen and oxygen atoms in total. The summed E-state index contributed by atoms with van der Waals surface area (Å²) in [4.78, 5) is 0. The van der Waals surface area contributed by atoms with Gasteiger partial charge >= 0.3 is 0 Å². The molecule has 0 spiro atoms. The fourth-order valence-electron chi connectivity index (χ4n) is 8.90. The summed E-state index contributed by atoms with van der Waals surface area (Å²) in [5.41, 5.74) is 14.9. The molecule has 3 heteroatoms. The van der Waals surface area contributed by atoms with E-state index >= 15 is 0 Å². The van der Waals surface area contributed by atoms with Gasteiger partial charge in [-0.05, 0) is 55.3 Å². The minimum absolute atomic E-state index is 0.966. The molecular formula is C48H33N3. The monoisotopic (exact) mass is 651 g/mol. The van der Waals surface area contributed by atoms with Crippen LogP contribution in [-0.2, 0) is 6.42 Å². The Morgan fingerprint density at radius 3 is 1.22 bits per heavy atom. The molecule has 0 fully saturated rings. The predicted octanol–water partition coefficient (Wildman–Crippen LogP) is 12.3. The Hall–Kier alpha value is -6.58. The van der Waals surface area contributed by atoms with Crippen molar-refractivity contribution in [2.24, 2.45) is 0 Å². The fraction of sp³-hybridized carbons (Fsp3) is 0.0417. The van der Waals surface area contributed by atoms with Crippen LogP contribution in [0.1, 0.15) is 17.7 Å². The van der Waals surface area contributed by atoms with Crippen LogP contribution in [0.25, 0.3) is 82.7 Å². The van der Waals surface area contributed by atoms with Crippen molar-refractivity contribution < 1.29 is 0 Å². The van der Waals surface area contributed by atoms with Crippen molar-refractivity contribution in [1.29, 1.82) is 0 Å². The number of aromatic nitrogens is 3. The average molecular weight is 652 g/mol. The number of para-hydroxylation sites is 7. The molecule has 0 saturated carbocycles. The lowest BCUT2D eigenvalue weighted by Crippen LogP contribution is -2.10. The van der Waals surface area contributed by atoms with Gasteiger partial charge in [0.05, 0.1) is 44.7 Å². The number of hydrogen-bond acceptors (Lipinski definition) is 0. The molecule has 0 saturated heterocycles. The van der Waals surface area contributed by atoms with Gasteiger partial charge < -0.3 is 13.7 Å². The van der Waals surface area contributed by atoms with Gasteiger partial charge in [0.25, 0.3) is 0 Å². The summed E-state index contributed by atoms with van der Waals surface area (Å²) < 4.78 is 7.51. The molecule has 3 heterocycles. The largest absolute Gasteiger partial charge is 0.312 e. The van der Waals surface area contributed by atoms with Crippen LogP contribution >= 0.6 is 0 Å². The zero-order valence-electron chi connectivity index (χ0n) is 28.0. The third-order valence-corrected chi connectivity index (χ3v) is 10.9. The molecule has 7 aromatic carbocycles. The van der Waals surface area contributed by atoms with E-state index in [0.29, 0.717) is 0 Å². The van der Waals surface area contributed by atoms with Crippen molar-refractivity contribution in [3.63, 3.8) is 0 Å². The number of rotatable bonds is 4. The summed E-state index contributed by atoms with van der Waals surface area (Å²) in [6.07, 6.45) is 4.40. The maximum atomic E-state index is 2.56. The van der Waals surface area contributed by atoms with Crippen LogP contribution in [0.5, 0.6) is 0 Å². The third kappa shape index (κ3) is 4.00. The molecule has 3 aromatic heterocycles. The van der Waals surface area contributed by atoms with Gasteiger partial charge in [0.1, 0.15) is 0 Å². The predicted molar refractivity (Wildman–Crippen MR) is 214 cm³/mol. The van der Waals surface area contributed by atoms with E-state index in [-0.39, 0.29) is 0 Å². The number of allylic oxidation sites excluding steroid dienone is 1. The lowest BCUT2D eigenvalue weighted by molar-refractivity contribution is 0.875. The first-order chi connectivity index (χ1) is 25.4. The SMILES string of the molecule is C1=C(n2c3ccccc3c3ccccc32)c2c(n(-c3ccccc3-c3ccccc3-n3c4ccccc4c4ccccc43)c3ccccc23)CC1. The standard InChI is InChI=1S/C48H33N3/c1-8-23-39-32(16-1)33-17-2-9-24-40(33)49(39)41-25-10-3-18-34(41)35-19-6-13-28-44(35)51-45-29-14-7-22-38(45)48-46(30-15-31-47(48)51)50-42-26-11-4-20-36(42)37-21-5-12-27-43(37)50/h1-14,16-30H,15,31H2. The second kappa shape index (κ2) is 11.0. The van der Waals surface area contributed by atoms with E-state index < -0.39 is 0 Å². The first kappa shape index (κ1) is 28.3. The van der Waals surface area contributed by atoms with Gasteiger partial charge in [-0.25, -0.2) is 0 Å². The van der Waals surface area contributed by atoms with Crippen molar-refractivity contribution in [2.45, 2.75) is 12.8 Å². The van der Waals surface area contributed by atoms with Gasteiger partial charge in [-0.3, -0.25) is 0 Å². The number of benzene rings is 7. The van der Waals surface area contributed by atoms with Crippen LogP contribution in [-0.4, -0.2) is 13.7 Å². The van der Waals surface area contributed by atoms with Crippen LogP contribution < -0.4 is 0 Å². The number of nitrogens with zero attached hydrogens (tertiary/aromatic N) is 3. The smallest absolute Gasteiger partial charge is 0.0541 e. The molecule has 1 aliphatic rings. The van der Waals surface area contributed by atoms with Gasteiger partial charge in [0.2, 0.25) is 0 Å². The van der Waals surface area contributed by atoms with E-state index in [0.717, 1.165) is 12.8 Å². The first-order valence-corrected chi connectivity index (χ1v) is 17.9. The molecular weight excluding hydrogens is 619 g/mol. The zero-order valence-corrected chi connectivity index (χ0v) is 28.0. The molecule has 10 aromatic rings. The van der Waals surface area contributed by atoms with Crippen molar-refractivity contribution in [3.8, 4) is 22.5 Å². The van der Waals surface area contributed by atoms with Crippen LogP contribution in [0.3, 0.4) is 0 Å². The highest BCUT2D eigenvalue weighted by Crippen LogP contribution is 2.44. The lowest BCUT2D eigenvalue weighted by Gasteiger charge is -2.22. The highest BCUT2D eigenvalue weighted by Gasteiger charge is 2.27. The summed E-state index contributed by atoms with van der Waals surface area (Å²) in [6.45, 7) is 0. The minimum atomic E-state index is 0.966. The van der Waals surface area contributed by atoms with E-state index in [4.69, 9.17) is 0 Å². The van der Waals surface area contributed by atoms with Crippen molar-refractivity contribution in [1.82, 2.24) is 13.7 Å². The maximum Gasteiger partial charge on any atom is 0.0541 e. The highest BCUT2D eigenvalue weighted by atomic mass is 15.0. The molecule has 0 aliphatic heterocycles. The molecule has 0 amide bonds. The minimum Gasteiger partial charge on any atom is -0.312 e. The molecule has 0 N–H and O–H groups in total. The summed E-state index contributed by atoms with van der Waals surface area (Å²) in [5, 5.41) is 6.40. The summed E-state index contributed by atoms with van der Waals surface area (Å²) >= 11 is 0. The Bertz CT molecular complexity index is 2930. The van der Waals surface area contributed by atoms with Gasteiger partial charge in [0.15, 0.2) is 0 Å². The Morgan fingerprint density at radius 1 is 0.333 bits per heavy atom. The Morgan fingerprint density at radius 2 is 0.706 bits per heavy atom. The molecule has 11 rings (SSSR count). The van der Waals surface area contributed by atoms with Crippen LogP contribution in [0, 0.1) is 0 Å². The molecule has 0 radical (unpaired) electrons. The summed E-state index contributed by atoms with van der Waals surface area (Å²) in [7, 11) is 0. The van der Waals surface area contributed by atoms with E-state index in [1.807, 2.05) is 0 Å². The fourth-order valence-corrected chi connectivity index (χ4v) is 8.90. The Labute approximate surface area is 295 Å². The Balaban J connectivity index is 1.18. The number of fused-ring (bicyclic) bond motifs is 9. The van der Waals surface area contributed by atoms with Gasteiger partial charge in [-0.2, -0.15) is 0 Å². The van der Waals surface area contributed by atoms with E-state index in [9.17, 15) is 0 Å². The van der Waals surface area contributed by atoms with E-state index in [2.05, 4.69) is 190 Å². The summed E-state index contributed by atoms with van der Waals surface area (Å²) in [5.74, 6) is 0. The molecule has 0 bridgehead atoms. The molecule has 1 aliphatic carbocycles. The average Bonchev–Trinajstić information content (AvgIpc) is 3.84. The van der Waals surface area contributed by atoms with Crippen molar-refractivity contribution >= 4 is 60.2 Å². The van der Waals surface area contributed by atoms with Gasteiger partial charge in [-0.15, -0.1) is 0 Å². The molecule has 0 atom stereocenters. The summed E-state index contributed by atoms with van der Waals surface area (Å²) in [6, 6.07) is 62.1. The Kier molecular flexibility index (Phi) is 6.08. The van der Waals surface area contributed by atoms with E-state index in [1.54, 1.807) is 0 Å². The molecule has 0 unspecified atom stereocenters. The second-order valence-corrected chi connectivity index (χ2v) is 13.6. The highest BCUT2D eigenvalue weighted by molar-refractivity contribution is 6.12. The quantitative estimate of drug-likeness (QED) is 0.180. The lowest BCUT2D eigenvalue weighted by atomic mass is 9.97. The van der Waals surface area contributed by atoms with Crippen LogP contribution in [0.4, 0.5) is 0 Å². The molecule has 240 valence electrons. The maximum absolute atomic E-state index is 2.56. The van der Waals surface area contributed by atoms with Gasteiger partial charge in [-0.1, -0.05) is 133 Å². The van der Waals surface area contributed by atoms with E-state index in [1.165, 1.54) is 94.0 Å². The second-order valence-electron chi connectivity index (χ2n) is 13.6. The topological polar surface area (TPSA) is 14.8 Å². The number of hydrogen-bond donors (Lipinski definition) is 0. The van der Waals surface area contributed by atoms with Gasteiger partial charge in [0, 0.05) is 49.3 Å². The van der Waals surface area contributed by atoms with Crippen LogP contribution in [0.2, 0.25) is 0 Å². The molecule has 51 heavy (non-hydrogen) atoms. The van der Waals surface area contributed by atoms with Crippen molar-refractivity contribution in [3.05, 3.63) is 187 Å². The third-order valence-electron chi connectivity index (χ3n) is 10.9. The van der Waals surface area contributed by atoms with Crippen LogP contribution in [0.15, 0.2) is 176 Å². The zero-order chi connectivity index (χ0) is 33.5. The first-order valence-electron chi connectivity index (χ1n) is 17.9. The normalized spacial score (nSPS) is 13.1.